The van der Waals surface area contributed by atoms with Gasteiger partial charge in [0.05, 0.1) is 6.54 Å². The molecule has 1 amide bonds. The number of alkyl carbamates (subject to hydrolysis) is 1. The number of halogens is 3. The fourth-order valence-electron chi connectivity index (χ4n) is 1.25. The molecule has 0 atom stereocenters. The molecule has 1 aromatic rings. The first-order valence-electron chi connectivity index (χ1n) is 5.49. The number of thiazole rings is 1. The van der Waals surface area contributed by atoms with Gasteiger partial charge in [0.2, 0.25) is 0 Å². The van der Waals surface area contributed by atoms with E-state index in [-0.39, 0.29) is 16.4 Å². The first-order chi connectivity index (χ1) is 8.49. The molecule has 0 saturated heterocycles. The van der Waals surface area contributed by atoms with E-state index in [4.69, 9.17) is 4.74 Å². The average molecular weight is 296 g/mol. The lowest BCUT2D eigenvalue weighted by atomic mass is 10.2. The first kappa shape index (κ1) is 15.7. The molecule has 0 radical (unpaired) electrons. The Morgan fingerprint density at radius 1 is 1.37 bits per heavy atom. The highest BCUT2D eigenvalue weighted by Crippen LogP contribution is 2.33. The number of aryl methyl sites for hydroxylation is 1. The zero-order valence-electron chi connectivity index (χ0n) is 11.0. The SMILES string of the molecule is Cc1sc(CNC(=O)OC(C)(C)C)nc1C(F)(F)F. The third kappa shape index (κ3) is 5.06. The molecular weight excluding hydrogens is 281 g/mol. The average Bonchev–Trinajstić information content (AvgIpc) is 2.53. The Labute approximate surface area is 113 Å². The lowest BCUT2D eigenvalue weighted by Crippen LogP contribution is -2.32. The van der Waals surface area contributed by atoms with Gasteiger partial charge in [-0.15, -0.1) is 11.3 Å². The number of nitrogens with one attached hydrogen (secondary N) is 1. The highest BCUT2D eigenvalue weighted by molar-refractivity contribution is 7.11. The summed E-state index contributed by atoms with van der Waals surface area (Å²) in [6, 6.07) is 0. The maximum Gasteiger partial charge on any atom is 0.434 e. The number of hydrogen-bond donors (Lipinski definition) is 1. The Morgan fingerprint density at radius 2 is 1.95 bits per heavy atom. The van der Waals surface area contributed by atoms with Crippen molar-refractivity contribution in [2.24, 2.45) is 0 Å². The molecule has 108 valence electrons. The van der Waals surface area contributed by atoms with Crippen molar-refractivity contribution in [1.29, 1.82) is 0 Å². The van der Waals surface area contributed by atoms with E-state index in [9.17, 15) is 18.0 Å². The summed E-state index contributed by atoms with van der Waals surface area (Å²) in [5.74, 6) is 0. The van der Waals surface area contributed by atoms with Gasteiger partial charge < -0.3 is 10.1 Å². The van der Waals surface area contributed by atoms with E-state index >= 15 is 0 Å². The Morgan fingerprint density at radius 3 is 2.37 bits per heavy atom. The van der Waals surface area contributed by atoms with Crippen LogP contribution in [0.25, 0.3) is 0 Å². The highest BCUT2D eigenvalue weighted by atomic mass is 32.1. The van der Waals surface area contributed by atoms with Crippen LogP contribution in [0.3, 0.4) is 0 Å². The standard InChI is InChI=1S/C11H15F3N2O2S/c1-6-8(11(12,13)14)16-7(19-6)5-15-9(17)18-10(2,3)4/h5H2,1-4H3,(H,15,17). The Hall–Kier alpha value is -1.31. The van der Waals surface area contributed by atoms with Crippen molar-refractivity contribution in [1.82, 2.24) is 10.3 Å². The van der Waals surface area contributed by atoms with Gasteiger partial charge in [0.1, 0.15) is 10.6 Å². The zero-order chi connectivity index (χ0) is 14.8. The molecule has 4 nitrogen and oxygen atoms in total. The maximum absolute atomic E-state index is 12.5. The molecule has 0 aliphatic carbocycles. The van der Waals surface area contributed by atoms with Crippen molar-refractivity contribution >= 4 is 17.4 Å². The molecule has 0 bridgehead atoms. The molecule has 0 unspecified atom stereocenters. The molecule has 0 aliphatic heterocycles. The van der Waals surface area contributed by atoms with Crippen LogP contribution in [0, 0.1) is 6.92 Å². The number of amides is 1. The Balaban J connectivity index is 2.63. The molecule has 0 saturated carbocycles. The van der Waals surface area contributed by atoms with Gasteiger partial charge in [-0.2, -0.15) is 13.2 Å². The highest BCUT2D eigenvalue weighted by Gasteiger charge is 2.36. The minimum absolute atomic E-state index is 0.0773. The van der Waals surface area contributed by atoms with Crippen molar-refractivity contribution in [3.05, 3.63) is 15.6 Å². The van der Waals surface area contributed by atoms with E-state index in [1.165, 1.54) is 6.92 Å². The summed E-state index contributed by atoms with van der Waals surface area (Å²) in [5.41, 5.74) is -1.56. The van der Waals surface area contributed by atoms with Crippen molar-refractivity contribution < 1.29 is 22.7 Å². The maximum atomic E-state index is 12.5. The molecule has 0 aliphatic rings. The van der Waals surface area contributed by atoms with Crippen LogP contribution < -0.4 is 5.32 Å². The predicted molar refractivity (Wildman–Crippen MR) is 64.9 cm³/mol. The van der Waals surface area contributed by atoms with E-state index in [0.717, 1.165) is 11.3 Å². The fraction of sp³-hybridized carbons (Fsp3) is 0.636. The molecule has 19 heavy (non-hydrogen) atoms. The van der Waals surface area contributed by atoms with Gasteiger partial charge in [-0.1, -0.05) is 0 Å². The predicted octanol–water partition coefficient (Wildman–Crippen LogP) is 3.50. The molecule has 0 aromatic carbocycles. The lowest BCUT2D eigenvalue weighted by Gasteiger charge is -2.19. The molecular formula is C11H15F3N2O2S. The minimum Gasteiger partial charge on any atom is -0.444 e. The zero-order valence-corrected chi connectivity index (χ0v) is 11.8. The van der Waals surface area contributed by atoms with Gasteiger partial charge in [0, 0.05) is 4.88 Å². The molecule has 1 heterocycles. The molecule has 0 spiro atoms. The number of hydrogen-bond acceptors (Lipinski definition) is 4. The fourth-order valence-corrected chi connectivity index (χ4v) is 2.14. The summed E-state index contributed by atoms with van der Waals surface area (Å²) in [4.78, 5) is 14.9. The quantitative estimate of drug-likeness (QED) is 0.908. The minimum atomic E-state index is -4.47. The second-order valence-corrected chi connectivity index (χ2v) is 6.15. The van der Waals surface area contributed by atoms with E-state index in [1.807, 2.05) is 0 Å². The second kappa shape index (κ2) is 5.36. The molecule has 0 fully saturated rings. The Kier molecular flexibility index (Phi) is 4.44. The molecule has 8 heteroatoms. The van der Waals surface area contributed by atoms with Crippen molar-refractivity contribution in [2.75, 3.05) is 0 Å². The largest absolute Gasteiger partial charge is 0.444 e. The second-order valence-electron chi connectivity index (χ2n) is 4.87. The Bertz CT molecular complexity index is 463. The summed E-state index contributed by atoms with van der Waals surface area (Å²) >= 11 is 0.900. The monoisotopic (exact) mass is 296 g/mol. The topological polar surface area (TPSA) is 51.2 Å². The van der Waals surface area contributed by atoms with Crippen molar-refractivity contribution in [3.8, 4) is 0 Å². The van der Waals surface area contributed by atoms with Crippen molar-refractivity contribution in [3.63, 3.8) is 0 Å². The van der Waals surface area contributed by atoms with Gasteiger partial charge in [-0.05, 0) is 27.7 Å². The van der Waals surface area contributed by atoms with Gasteiger partial charge >= 0.3 is 12.3 Å². The van der Waals surface area contributed by atoms with E-state index in [0.29, 0.717) is 0 Å². The summed E-state index contributed by atoms with van der Waals surface area (Å²) in [6.07, 6.45) is -5.15. The molecule has 1 aromatic heterocycles. The summed E-state index contributed by atoms with van der Waals surface area (Å²) in [7, 11) is 0. The first-order valence-corrected chi connectivity index (χ1v) is 6.31. The van der Waals surface area contributed by atoms with Crippen LogP contribution in [-0.4, -0.2) is 16.7 Å². The number of carbonyl (C=O) groups excluding carboxylic acids is 1. The molecule has 1 N–H and O–H groups in total. The van der Waals surface area contributed by atoms with Crippen LogP contribution in [0.1, 0.15) is 36.3 Å². The third-order valence-electron chi connectivity index (χ3n) is 1.89. The molecule has 1 rings (SSSR count). The van der Waals surface area contributed by atoms with Crippen LogP contribution in [0.2, 0.25) is 0 Å². The lowest BCUT2D eigenvalue weighted by molar-refractivity contribution is -0.141. The number of alkyl halides is 3. The van der Waals surface area contributed by atoms with Crippen LogP contribution in [0.5, 0.6) is 0 Å². The van der Waals surface area contributed by atoms with E-state index < -0.39 is 23.6 Å². The van der Waals surface area contributed by atoms with Crippen LogP contribution in [-0.2, 0) is 17.5 Å². The van der Waals surface area contributed by atoms with Gasteiger partial charge in [-0.25, -0.2) is 9.78 Å². The number of carbonyl (C=O) groups is 1. The van der Waals surface area contributed by atoms with Gasteiger partial charge in [-0.3, -0.25) is 0 Å². The van der Waals surface area contributed by atoms with E-state index in [2.05, 4.69) is 10.3 Å². The van der Waals surface area contributed by atoms with Gasteiger partial charge in [0.25, 0.3) is 0 Å². The van der Waals surface area contributed by atoms with Gasteiger partial charge in [0.15, 0.2) is 5.69 Å². The summed E-state index contributed by atoms with van der Waals surface area (Å²) in [6.45, 7) is 6.35. The normalized spacial score (nSPS) is 12.4. The third-order valence-corrected chi connectivity index (χ3v) is 2.86. The number of ether oxygens (including phenoxy) is 1. The summed E-state index contributed by atoms with van der Waals surface area (Å²) in [5, 5.41) is 2.56. The number of aromatic nitrogens is 1. The van der Waals surface area contributed by atoms with Crippen LogP contribution in [0.15, 0.2) is 0 Å². The van der Waals surface area contributed by atoms with E-state index in [1.54, 1.807) is 20.8 Å². The number of nitrogens with zero attached hydrogens (tertiary/aromatic N) is 1. The van der Waals surface area contributed by atoms with Crippen LogP contribution in [0.4, 0.5) is 18.0 Å². The summed E-state index contributed by atoms with van der Waals surface area (Å²) < 4.78 is 42.5. The van der Waals surface area contributed by atoms with Crippen molar-refractivity contribution in [2.45, 2.75) is 46.0 Å². The van der Waals surface area contributed by atoms with Crippen LogP contribution >= 0.6 is 11.3 Å². The number of rotatable bonds is 2. The smallest absolute Gasteiger partial charge is 0.434 e.